The summed E-state index contributed by atoms with van der Waals surface area (Å²) in [5.41, 5.74) is 1.11. The maximum Gasteiger partial charge on any atom is 0.224 e. The Balaban J connectivity index is 0.00000200. The van der Waals surface area contributed by atoms with Crippen LogP contribution >= 0.6 is 28.3 Å². The van der Waals surface area contributed by atoms with Gasteiger partial charge in [0.1, 0.15) is 6.10 Å². The lowest BCUT2D eigenvalue weighted by Crippen LogP contribution is -2.42. The SMILES string of the molecule is CNCCC(=O)N1CCOC(c2cccc(Br)c2)C1.Cl. The fourth-order valence-corrected chi connectivity index (χ4v) is 2.59. The number of morpholine rings is 1. The lowest BCUT2D eigenvalue weighted by Gasteiger charge is -2.33. The van der Waals surface area contributed by atoms with Gasteiger partial charge in [0, 0.05) is 24.0 Å². The molecule has 1 aliphatic rings. The van der Waals surface area contributed by atoms with Crippen molar-refractivity contribution in [1.29, 1.82) is 0 Å². The van der Waals surface area contributed by atoms with E-state index in [0.717, 1.165) is 16.6 Å². The molecule has 0 spiro atoms. The third-order valence-electron chi connectivity index (χ3n) is 3.23. The molecule has 1 fully saturated rings. The monoisotopic (exact) mass is 362 g/mol. The van der Waals surface area contributed by atoms with E-state index in [4.69, 9.17) is 4.74 Å². The smallest absolute Gasteiger partial charge is 0.224 e. The summed E-state index contributed by atoms with van der Waals surface area (Å²) >= 11 is 3.46. The maximum atomic E-state index is 12.0. The zero-order valence-corrected chi connectivity index (χ0v) is 13.9. The van der Waals surface area contributed by atoms with E-state index in [-0.39, 0.29) is 24.4 Å². The van der Waals surface area contributed by atoms with Crippen molar-refractivity contribution in [2.45, 2.75) is 12.5 Å². The van der Waals surface area contributed by atoms with Crippen LogP contribution in [0.25, 0.3) is 0 Å². The third kappa shape index (κ3) is 4.74. The molecule has 1 amide bonds. The predicted octanol–water partition coefficient (Wildman–Crippen LogP) is 2.38. The Morgan fingerprint density at radius 3 is 3.05 bits per heavy atom. The van der Waals surface area contributed by atoms with Crippen molar-refractivity contribution in [3.05, 3.63) is 34.3 Å². The average Bonchev–Trinajstić information content (AvgIpc) is 2.45. The Hall–Kier alpha value is -0.620. The summed E-state index contributed by atoms with van der Waals surface area (Å²) in [6.45, 7) is 2.65. The van der Waals surface area contributed by atoms with Crippen LogP contribution in [0.15, 0.2) is 28.7 Å². The van der Waals surface area contributed by atoms with E-state index < -0.39 is 0 Å². The maximum absolute atomic E-state index is 12.0. The summed E-state index contributed by atoms with van der Waals surface area (Å²) in [6, 6.07) is 8.07. The molecule has 1 unspecified atom stereocenters. The van der Waals surface area contributed by atoms with Gasteiger partial charge in [-0.2, -0.15) is 0 Å². The van der Waals surface area contributed by atoms with Crippen LogP contribution in [0.4, 0.5) is 0 Å². The molecule has 0 aromatic heterocycles. The molecular weight excluding hydrogens is 344 g/mol. The van der Waals surface area contributed by atoms with E-state index in [0.29, 0.717) is 26.1 Å². The van der Waals surface area contributed by atoms with Gasteiger partial charge < -0.3 is 15.0 Å². The quantitative estimate of drug-likeness (QED) is 0.893. The van der Waals surface area contributed by atoms with E-state index in [1.165, 1.54) is 0 Å². The standard InChI is InChI=1S/C14H19BrN2O2.ClH/c1-16-6-5-14(18)17-7-8-19-13(10-17)11-3-2-4-12(15)9-11;/h2-4,9,13,16H,5-8,10H2,1H3;1H. The molecule has 1 N–H and O–H groups in total. The minimum atomic E-state index is -0.0233. The molecule has 0 bridgehead atoms. The van der Waals surface area contributed by atoms with E-state index in [1.54, 1.807) is 0 Å². The van der Waals surface area contributed by atoms with Crippen molar-refractivity contribution in [3.63, 3.8) is 0 Å². The van der Waals surface area contributed by atoms with Crippen molar-refractivity contribution in [3.8, 4) is 0 Å². The summed E-state index contributed by atoms with van der Waals surface area (Å²) in [5.74, 6) is 0.192. The van der Waals surface area contributed by atoms with E-state index in [9.17, 15) is 4.79 Å². The highest BCUT2D eigenvalue weighted by Crippen LogP contribution is 2.24. The molecule has 1 aromatic rings. The van der Waals surface area contributed by atoms with Gasteiger partial charge in [0.2, 0.25) is 5.91 Å². The van der Waals surface area contributed by atoms with Crippen molar-refractivity contribution >= 4 is 34.2 Å². The average molecular weight is 364 g/mol. The zero-order chi connectivity index (χ0) is 13.7. The second-order valence-corrected chi connectivity index (χ2v) is 5.52. The highest BCUT2D eigenvalue weighted by molar-refractivity contribution is 9.10. The number of ether oxygens (including phenoxy) is 1. The molecule has 1 heterocycles. The molecule has 0 saturated carbocycles. The number of hydrogen-bond acceptors (Lipinski definition) is 3. The van der Waals surface area contributed by atoms with Gasteiger partial charge in [-0.05, 0) is 24.7 Å². The summed E-state index contributed by atoms with van der Waals surface area (Å²) < 4.78 is 6.81. The number of hydrogen-bond donors (Lipinski definition) is 1. The summed E-state index contributed by atoms with van der Waals surface area (Å²) in [7, 11) is 1.86. The topological polar surface area (TPSA) is 41.6 Å². The predicted molar refractivity (Wildman–Crippen MR) is 85.2 cm³/mol. The summed E-state index contributed by atoms with van der Waals surface area (Å²) in [6.07, 6.45) is 0.520. The molecular formula is C14H20BrClN2O2. The summed E-state index contributed by atoms with van der Waals surface area (Å²) in [4.78, 5) is 13.9. The first-order chi connectivity index (χ1) is 9.20. The number of halogens is 2. The lowest BCUT2D eigenvalue weighted by atomic mass is 10.1. The largest absolute Gasteiger partial charge is 0.370 e. The number of nitrogens with one attached hydrogen (secondary N) is 1. The van der Waals surface area contributed by atoms with Gasteiger partial charge in [-0.15, -0.1) is 12.4 Å². The van der Waals surface area contributed by atoms with E-state index in [1.807, 2.05) is 36.2 Å². The van der Waals surface area contributed by atoms with Crippen LogP contribution < -0.4 is 5.32 Å². The Morgan fingerprint density at radius 1 is 1.55 bits per heavy atom. The molecule has 6 heteroatoms. The first-order valence-electron chi connectivity index (χ1n) is 6.50. The molecule has 1 aliphatic heterocycles. The van der Waals surface area contributed by atoms with Crippen LogP contribution in [0.3, 0.4) is 0 Å². The Kier molecular flexibility index (Phi) is 7.51. The second kappa shape index (κ2) is 8.62. The minimum absolute atomic E-state index is 0. The van der Waals surface area contributed by atoms with Gasteiger partial charge in [0.15, 0.2) is 0 Å². The fraction of sp³-hybridized carbons (Fsp3) is 0.500. The van der Waals surface area contributed by atoms with Crippen LogP contribution in [0.1, 0.15) is 18.1 Å². The third-order valence-corrected chi connectivity index (χ3v) is 3.72. The Morgan fingerprint density at radius 2 is 2.35 bits per heavy atom. The van der Waals surface area contributed by atoms with Crippen LogP contribution in [0, 0.1) is 0 Å². The normalized spacial score (nSPS) is 18.5. The highest BCUT2D eigenvalue weighted by atomic mass is 79.9. The van der Waals surface area contributed by atoms with E-state index >= 15 is 0 Å². The van der Waals surface area contributed by atoms with Gasteiger partial charge in [0.25, 0.3) is 0 Å². The number of amides is 1. The molecule has 0 radical (unpaired) electrons. The van der Waals surface area contributed by atoms with Gasteiger partial charge >= 0.3 is 0 Å². The van der Waals surface area contributed by atoms with Crippen molar-refractivity contribution in [2.24, 2.45) is 0 Å². The van der Waals surface area contributed by atoms with Crippen LogP contribution in [-0.2, 0) is 9.53 Å². The van der Waals surface area contributed by atoms with E-state index in [2.05, 4.69) is 21.2 Å². The van der Waals surface area contributed by atoms with Gasteiger partial charge in [0.05, 0.1) is 13.2 Å². The number of nitrogens with zero attached hydrogens (tertiary/aromatic N) is 1. The molecule has 0 aliphatic carbocycles. The first-order valence-corrected chi connectivity index (χ1v) is 7.29. The number of benzene rings is 1. The highest BCUT2D eigenvalue weighted by Gasteiger charge is 2.24. The summed E-state index contributed by atoms with van der Waals surface area (Å²) in [5, 5.41) is 3.00. The molecule has 2 rings (SSSR count). The molecule has 4 nitrogen and oxygen atoms in total. The zero-order valence-electron chi connectivity index (χ0n) is 11.5. The molecule has 20 heavy (non-hydrogen) atoms. The second-order valence-electron chi connectivity index (χ2n) is 4.61. The molecule has 112 valence electrons. The van der Waals surface area contributed by atoms with Crippen molar-refractivity contribution in [2.75, 3.05) is 33.3 Å². The van der Waals surface area contributed by atoms with Crippen molar-refractivity contribution < 1.29 is 9.53 Å². The number of carbonyl (C=O) groups is 1. The van der Waals surface area contributed by atoms with Crippen molar-refractivity contribution in [1.82, 2.24) is 10.2 Å². The van der Waals surface area contributed by atoms with Gasteiger partial charge in [-0.3, -0.25) is 4.79 Å². The number of carbonyl (C=O) groups excluding carboxylic acids is 1. The van der Waals surface area contributed by atoms with Crippen LogP contribution in [-0.4, -0.2) is 44.1 Å². The number of rotatable bonds is 4. The van der Waals surface area contributed by atoms with Gasteiger partial charge in [-0.25, -0.2) is 0 Å². The molecule has 1 aromatic carbocycles. The van der Waals surface area contributed by atoms with Gasteiger partial charge in [-0.1, -0.05) is 28.1 Å². The van der Waals surface area contributed by atoms with Crippen LogP contribution in [0.2, 0.25) is 0 Å². The minimum Gasteiger partial charge on any atom is -0.370 e. The fourth-order valence-electron chi connectivity index (χ4n) is 2.17. The molecule has 1 saturated heterocycles. The lowest BCUT2D eigenvalue weighted by molar-refractivity contribution is -0.138. The Bertz CT molecular complexity index is 445. The first kappa shape index (κ1) is 17.4. The molecule has 1 atom stereocenters. The Labute approximate surface area is 134 Å². The van der Waals surface area contributed by atoms with Crippen LogP contribution in [0.5, 0.6) is 0 Å².